The van der Waals surface area contributed by atoms with E-state index >= 15 is 4.39 Å². The number of aromatic nitrogens is 5. The minimum atomic E-state index is -0.575. The lowest BCUT2D eigenvalue weighted by Gasteiger charge is -2.10. The minimum absolute atomic E-state index is 0.0358. The summed E-state index contributed by atoms with van der Waals surface area (Å²) in [6.45, 7) is 1.99. The molecule has 0 fully saturated rings. The van der Waals surface area contributed by atoms with Crippen molar-refractivity contribution in [3.63, 3.8) is 0 Å². The van der Waals surface area contributed by atoms with Gasteiger partial charge < -0.3 is 5.32 Å². The molecule has 5 aromatic rings. The molecule has 0 radical (unpaired) electrons. The fourth-order valence-corrected chi connectivity index (χ4v) is 4.08. The van der Waals surface area contributed by atoms with Crippen molar-refractivity contribution < 1.29 is 8.78 Å². The monoisotopic (exact) mass is 446 g/mol. The molecule has 158 valence electrons. The predicted octanol–water partition coefficient (Wildman–Crippen LogP) is 5.41. The van der Waals surface area contributed by atoms with Crippen LogP contribution in [0.3, 0.4) is 0 Å². The summed E-state index contributed by atoms with van der Waals surface area (Å²) in [5, 5.41) is 2.91. The zero-order valence-corrected chi connectivity index (χ0v) is 17.7. The summed E-state index contributed by atoms with van der Waals surface area (Å²) >= 11 is 1.48. The summed E-state index contributed by atoms with van der Waals surface area (Å²) in [5.41, 5.74) is 5.65. The molecule has 0 aliphatic carbocycles. The maximum absolute atomic E-state index is 15.1. The normalized spacial score (nSPS) is 11.1. The highest BCUT2D eigenvalue weighted by Crippen LogP contribution is 2.29. The summed E-state index contributed by atoms with van der Waals surface area (Å²) < 4.78 is 30.7. The number of nitrogens with zero attached hydrogens (tertiary/aromatic N) is 5. The van der Waals surface area contributed by atoms with Crippen LogP contribution in [0, 0.1) is 18.6 Å². The molecule has 0 saturated heterocycles. The fourth-order valence-electron chi connectivity index (χ4n) is 3.36. The number of benzene rings is 1. The molecule has 4 heterocycles. The van der Waals surface area contributed by atoms with Crippen LogP contribution in [0.25, 0.3) is 32.7 Å². The largest absolute Gasteiger partial charge is 0.363 e. The van der Waals surface area contributed by atoms with E-state index in [1.54, 1.807) is 36.1 Å². The van der Waals surface area contributed by atoms with Gasteiger partial charge in [-0.15, -0.1) is 11.3 Å². The number of hydrogen-bond donors (Lipinski definition) is 1. The van der Waals surface area contributed by atoms with Crippen molar-refractivity contribution >= 4 is 27.4 Å². The van der Waals surface area contributed by atoms with Gasteiger partial charge in [0.1, 0.15) is 23.5 Å². The first kappa shape index (κ1) is 20.1. The van der Waals surface area contributed by atoms with Crippen molar-refractivity contribution in [2.75, 3.05) is 5.32 Å². The summed E-state index contributed by atoms with van der Waals surface area (Å²) in [5.74, 6) is -1.00. The second kappa shape index (κ2) is 8.35. The van der Waals surface area contributed by atoms with Crippen LogP contribution in [0.5, 0.6) is 0 Å². The Kier molecular flexibility index (Phi) is 5.24. The lowest BCUT2D eigenvalue weighted by Crippen LogP contribution is -2.06. The lowest BCUT2D eigenvalue weighted by molar-refractivity contribution is 0.619. The highest BCUT2D eigenvalue weighted by atomic mass is 32.1. The number of hydrogen-bond acceptors (Lipinski definition) is 7. The number of nitrogens with one attached hydrogen (secondary N) is 1. The second-order valence-electron chi connectivity index (χ2n) is 7.13. The topological polar surface area (TPSA) is 76.5 Å². The molecule has 0 unspecified atom stereocenters. The first-order valence-electron chi connectivity index (χ1n) is 9.74. The third-order valence-corrected chi connectivity index (χ3v) is 5.71. The van der Waals surface area contributed by atoms with Gasteiger partial charge in [-0.25, -0.2) is 23.7 Å². The van der Waals surface area contributed by atoms with Crippen LogP contribution in [-0.2, 0) is 6.54 Å². The van der Waals surface area contributed by atoms with Crippen molar-refractivity contribution in [3.05, 3.63) is 83.5 Å². The van der Waals surface area contributed by atoms with Gasteiger partial charge in [-0.2, -0.15) is 0 Å². The summed E-state index contributed by atoms with van der Waals surface area (Å²) in [7, 11) is 0. The average molecular weight is 446 g/mol. The van der Waals surface area contributed by atoms with E-state index in [2.05, 4.69) is 30.2 Å². The Balaban J connectivity index is 1.37. The van der Waals surface area contributed by atoms with Crippen LogP contribution < -0.4 is 5.32 Å². The number of fused-ring (bicyclic) bond motifs is 1. The van der Waals surface area contributed by atoms with Crippen molar-refractivity contribution in [2.45, 2.75) is 13.5 Å². The van der Waals surface area contributed by atoms with E-state index in [1.165, 1.54) is 23.7 Å². The van der Waals surface area contributed by atoms with Crippen LogP contribution in [0.4, 0.5) is 14.6 Å². The minimum Gasteiger partial charge on any atom is -0.363 e. The number of halogens is 2. The third-order valence-electron chi connectivity index (χ3n) is 4.92. The molecule has 0 aliphatic rings. The lowest BCUT2D eigenvalue weighted by atomic mass is 10.1. The van der Waals surface area contributed by atoms with Crippen LogP contribution >= 0.6 is 11.3 Å². The summed E-state index contributed by atoms with van der Waals surface area (Å²) in [6, 6.07) is 10.3. The van der Waals surface area contributed by atoms with Crippen molar-refractivity contribution in [2.24, 2.45) is 0 Å². The fraction of sp³-hybridized carbons (Fsp3) is 0.0870. The van der Waals surface area contributed by atoms with E-state index in [4.69, 9.17) is 0 Å². The average Bonchev–Trinajstić information content (AvgIpc) is 3.26. The van der Waals surface area contributed by atoms with Gasteiger partial charge in [0, 0.05) is 35.8 Å². The molecular formula is C23H16F2N6S. The highest BCUT2D eigenvalue weighted by Gasteiger charge is 2.15. The second-order valence-corrected chi connectivity index (χ2v) is 8.02. The first-order valence-corrected chi connectivity index (χ1v) is 10.6. The zero-order chi connectivity index (χ0) is 22.1. The Hall–Kier alpha value is -3.85. The highest BCUT2D eigenvalue weighted by molar-refractivity contribution is 7.16. The molecule has 32 heavy (non-hydrogen) atoms. The Morgan fingerprint density at radius 3 is 2.62 bits per heavy atom. The molecule has 4 aromatic heterocycles. The molecule has 6 nitrogen and oxygen atoms in total. The molecular weight excluding hydrogens is 430 g/mol. The quantitative estimate of drug-likeness (QED) is 0.389. The molecule has 0 spiro atoms. The van der Waals surface area contributed by atoms with Gasteiger partial charge in [0.25, 0.3) is 0 Å². The third kappa shape index (κ3) is 3.90. The standard InChI is InChI=1S/C23H16F2N6S/c1-13-6-16(4-5-26-13)21-17(24)7-14(9-27-21)10-28-23-20(25)22(29-11-30-23)15-2-3-18-19(8-15)32-12-31-18/h2-9,11-12H,10H2,1H3,(H,28,29,30). The van der Waals surface area contributed by atoms with E-state index in [0.717, 1.165) is 15.9 Å². The van der Waals surface area contributed by atoms with Crippen LogP contribution in [0.2, 0.25) is 0 Å². The van der Waals surface area contributed by atoms with E-state index in [0.29, 0.717) is 16.7 Å². The molecule has 1 aromatic carbocycles. The number of aryl methyl sites for hydroxylation is 1. The van der Waals surface area contributed by atoms with E-state index in [1.807, 2.05) is 19.1 Å². The van der Waals surface area contributed by atoms with Gasteiger partial charge in [-0.3, -0.25) is 9.97 Å². The predicted molar refractivity (Wildman–Crippen MR) is 120 cm³/mol. The van der Waals surface area contributed by atoms with Gasteiger partial charge in [0.2, 0.25) is 0 Å². The molecule has 5 rings (SSSR count). The van der Waals surface area contributed by atoms with Gasteiger partial charge in [0.05, 0.1) is 15.7 Å². The van der Waals surface area contributed by atoms with Gasteiger partial charge in [-0.1, -0.05) is 6.07 Å². The molecule has 0 amide bonds. The van der Waals surface area contributed by atoms with E-state index in [-0.39, 0.29) is 23.8 Å². The Labute approximate surface area is 186 Å². The maximum Gasteiger partial charge on any atom is 0.191 e. The number of thiazole rings is 1. The molecule has 0 atom stereocenters. The van der Waals surface area contributed by atoms with Crippen molar-refractivity contribution in [1.82, 2.24) is 24.9 Å². The zero-order valence-electron chi connectivity index (χ0n) is 16.9. The Morgan fingerprint density at radius 2 is 1.78 bits per heavy atom. The molecule has 1 N–H and O–H groups in total. The van der Waals surface area contributed by atoms with Crippen LogP contribution in [0.15, 0.2) is 60.6 Å². The molecule has 0 aliphatic heterocycles. The van der Waals surface area contributed by atoms with Gasteiger partial charge >= 0.3 is 0 Å². The maximum atomic E-state index is 15.1. The van der Waals surface area contributed by atoms with E-state index in [9.17, 15) is 4.39 Å². The molecule has 9 heteroatoms. The first-order chi connectivity index (χ1) is 15.6. The van der Waals surface area contributed by atoms with Crippen LogP contribution in [-0.4, -0.2) is 24.9 Å². The smallest absolute Gasteiger partial charge is 0.191 e. The van der Waals surface area contributed by atoms with E-state index < -0.39 is 11.6 Å². The van der Waals surface area contributed by atoms with Crippen molar-refractivity contribution in [1.29, 1.82) is 0 Å². The number of anilines is 1. The molecule has 0 saturated carbocycles. The number of rotatable bonds is 5. The Morgan fingerprint density at radius 1 is 0.906 bits per heavy atom. The van der Waals surface area contributed by atoms with Gasteiger partial charge in [-0.05, 0) is 42.8 Å². The van der Waals surface area contributed by atoms with Crippen molar-refractivity contribution in [3.8, 4) is 22.5 Å². The number of pyridine rings is 2. The van der Waals surface area contributed by atoms with Gasteiger partial charge in [0.15, 0.2) is 11.6 Å². The Bertz CT molecular complexity index is 1440. The summed E-state index contributed by atoms with van der Waals surface area (Å²) in [4.78, 5) is 20.7. The summed E-state index contributed by atoms with van der Waals surface area (Å²) in [6.07, 6.45) is 4.47. The van der Waals surface area contributed by atoms with Crippen LogP contribution in [0.1, 0.15) is 11.3 Å². The SMILES string of the molecule is Cc1cc(-c2ncc(CNc3ncnc(-c4ccc5ncsc5c4)c3F)cc2F)ccn1. The molecule has 0 bridgehead atoms.